The van der Waals surface area contributed by atoms with Crippen LogP contribution in [-0.4, -0.2) is 21.9 Å². The Morgan fingerprint density at radius 2 is 1.67 bits per heavy atom. The standard InChI is InChI=1S/C22H30N4O/c1-14(2)17-10-7-11-18(15(3)4)20(17)26-21(27)19-12-13-23-22(25-19)24-16-8-5-6-9-16/h7,10-16H,5-6,8-9H2,1-4H3,(H,26,27)(H,23,24,25). The van der Waals surface area contributed by atoms with Crippen LogP contribution in [-0.2, 0) is 0 Å². The van der Waals surface area contributed by atoms with Crippen LogP contribution in [0.1, 0.15) is 86.8 Å². The van der Waals surface area contributed by atoms with Crippen molar-refractivity contribution < 1.29 is 4.79 Å². The van der Waals surface area contributed by atoms with E-state index in [9.17, 15) is 4.79 Å². The number of carbonyl (C=O) groups excluding carboxylic acids is 1. The van der Waals surface area contributed by atoms with Crippen molar-refractivity contribution in [3.05, 3.63) is 47.3 Å². The molecule has 1 aromatic heterocycles. The number of carbonyl (C=O) groups is 1. The van der Waals surface area contributed by atoms with E-state index in [1.807, 2.05) is 0 Å². The van der Waals surface area contributed by atoms with Gasteiger partial charge in [0.25, 0.3) is 5.91 Å². The predicted octanol–water partition coefficient (Wildman–Crippen LogP) is 5.33. The highest BCUT2D eigenvalue weighted by Crippen LogP contribution is 2.32. The Balaban J connectivity index is 1.83. The SMILES string of the molecule is CC(C)c1cccc(C(C)C)c1NC(=O)c1ccnc(NC2CCCC2)n1. The molecule has 0 spiro atoms. The summed E-state index contributed by atoms with van der Waals surface area (Å²) in [5.41, 5.74) is 3.59. The van der Waals surface area contributed by atoms with Gasteiger partial charge in [-0.15, -0.1) is 0 Å². The molecule has 0 radical (unpaired) electrons. The number of nitrogens with zero attached hydrogens (tertiary/aromatic N) is 2. The van der Waals surface area contributed by atoms with Crippen molar-refractivity contribution in [1.29, 1.82) is 0 Å². The van der Waals surface area contributed by atoms with Gasteiger partial charge in [-0.1, -0.05) is 58.7 Å². The zero-order chi connectivity index (χ0) is 19.4. The van der Waals surface area contributed by atoms with Gasteiger partial charge in [0.1, 0.15) is 5.69 Å². The molecule has 27 heavy (non-hydrogen) atoms. The summed E-state index contributed by atoms with van der Waals surface area (Å²) < 4.78 is 0. The van der Waals surface area contributed by atoms with Crippen LogP contribution in [0.5, 0.6) is 0 Å². The van der Waals surface area contributed by atoms with Crippen LogP contribution in [0, 0.1) is 0 Å². The molecule has 1 amide bonds. The van der Waals surface area contributed by atoms with Crippen molar-refractivity contribution in [2.45, 2.75) is 71.3 Å². The highest BCUT2D eigenvalue weighted by Gasteiger charge is 2.19. The molecule has 1 aromatic carbocycles. The van der Waals surface area contributed by atoms with Gasteiger partial charge in [-0.3, -0.25) is 4.79 Å². The molecule has 0 bridgehead atoms. The molecule has 0 unspecified atom stereocenters. The van der Waals surface area contributed by atoms with E-state index in [2.05, 4.69) is 66.5 Å². The lowest BCUT2D eigenvalue weighted by Crippen LogP contribution is -2.20. The lowest BCUT2D eigenvalue weighted by Gasteiger charge is -2.20. The van der Waals surface area contributed by atoms with E-state index in [0.29, 0.717) is 29.5 Å². The topological polar surface area (TPSA) is 66.9 Å². The second-order valence-corrected chi connectivity index (χ2v) is 7.97. The van der Waals surface area contributed by atoms with Gasteiger partial charge in [0.15, 0.2) is 0 Å². The average Bonchev–Trinajstić information content (AvgIpc) is 3.14. The normalized spacial score (nSPS) is 14.7. The van der Waals surface area contributed by atoms with Crippen LogP contribution >= 0.6 is 0 Å². The highest BCUT2D eigenvalue weighted by molar-refractivity contribution is 6.04. The molecule has 1 saturated carbocycles. The molecular formula is C22H30N4O. The van der Waals surface area contributed by atoms with Crippen molar-refractivity contribution in [3.8, 4) is 0 Å². The number of nitrogens with one attached hydrogen (secondary N) is 2. The molecule has 0 atom stereocenters. The Labute approximate surface area is 162 Å². The van der Waals surface area contributed by atoms with Crippen molar-refractivity contribution in [1.82, 2.24) is 9.97 Å². The Bertz CT molecular complexity index is 768. The molecule has 5 heteroatoms. The Hall–Kier alpha value is -2.43. The molecule has 5 nitrogen and oxygen atoms in total. The van der Waals surface area contributed by atoms with Gasteiger partial charge >= 0.3 is 0 Å². The van der Waals surface area contributed by atoms with Crippen LogP contribution in [0.3, 0.4) is 0 Å². The smallest absolute Gasteiger partial charge is 0.274 e. The minimum atomic E-state index is -0.193. The molecule has 1 aliphatic carbocycles. The molecular weight excluding hydrogens is 336 g/mol. The maximum atomic E-state index is 12.9. The van der Waals surface area contributed by atoms with E-state index < -0.39 is 0 Å². The molecule has 1 heterocycles. The summed E-state index contributed by atoms with van der Waals surface area (Å²) in [6.07, 6.45) is 6.40. The Kier molecular flexibility index (Phi) is 6.09. The van der Waals surface area contributed by atoms with E-state index in [-0.39, 0.29) is 5.91 Å². The van der Waals surface area contributed by atoms with E-state index in [1.54, 1.807) is 12.3 Å². The molecule has 2 N–H and O–H groups in total. The van der Waals surface area contributed by atoms with Gasteiger partial charge in [0.2, 0.25) is 5.95 Å². The maximum absolute atomic E-state index is 12.9. The van der Waals surface area contributed by atoms with Crippen LogP contribution < -0.4 is 10.6 Å². The number of hydrogen-bond acceptors (Lipinski definition) is 4. The third kappa shape index (κ3) is 4.65. The molecule has 144 valence electrons. The molecule has 1 fully saturated rings. The minimum absolute atomic E-state index is 0.193. The van der Waals surface area contributed by atoms with Crippen LogP contribution in [0.25, 0.3) is 0 Å². The molecule has 3 rings (SSSR count). The number of rotatable bonds is 6. The largest absolute Gasteiger partial charge is 0.351 e. The lowest BCUT2D eigenvalue weighted by atomic mass is 9.92. The fourth-order valence-corrected chi connectivity index (χ4v) is 3.68. The third-order valence-electron chi connectivity index (χ3n) is 5.19. The van der Waals surface area contributed by atoms with Gasteiger partial charge in [0, 0.05) is 17.9 Å². The lowest BCUT2D eigenvalue weighted by molar-refractivity contribution is 0.102. The minimum Gasteiger partial charge on any atom is -0.351 e. The third-order valence-corrected chi connectivity index (χ3v) is 5.19. The van der Waals surface area contributed by atoms with Crippen molar-refractivity contribution in [3.63, 3.8) is 0 Å². The Morgan fingerprint density at radius 3 is 2.26 bits per heavy atom. The summed E-state index contributed by atoms with van der Waals surface area (Å²) in [4.78, 5) is 21.7. The summed E-state index contributed by atoms with van der Waals surface area (Å²) in [6, 6.07) is 8.31. The van der Waals surface area contributed by atoms with Crippen LogP contribution in [0.4, 0.5) is 11.6 Å². The summed E-state index contributed by atoms with van der Waals surface area (Å²) in [7, 11) is 0. The van der Waals surface area contributed by atoms with Crippen molar-refractivity contribution >= 4 is 17.5 Å². The second kappa shape index (κ2) is 8.51. The number of anilines is 2. The summed E-state index contributed by atoms with van der Waals surface area (Å²) in [5.74, 6) is 0.991. The molecule has 0 aliphatic heterocycles. The first kappa shape index (κ1) is 19.3. The van der Waals surface area contributed by atoms with Gasteiger partial charge in [-0.2, -0.15) is 0 Å². The maximum Gasteiger partial charge on any atom is 0.274 e. The zero-order valence-corrected chi connectivity index (χ0v) is 16.7. The highest BCUT2D eigenvalue weighted by atomic mass is 16.1. The van der Waals surface area contributed by atoms with E-state index in [0.717, 1.165) is 29.7 Å². The van der Waals surface area contributed by atoms with Gasteiger partial charge < -0.3 is 10.6 Å². The monoisotopic (exact) mass is 366 g/mol. The van der Waals surface area contributed by atoms with E-state index >= 15 is 0 Å². The zero-order valence-electron chi connectivity index (χ0n) is 16.7. The molecule has 1 aliphatic rings. The van der Waals surface area contributed by atoms with Crippen LogP contribution in [0.15, 0.2) is 30.5 Å². The number of hydrogen-bond donors (Lipinski definition) is 2. The van der Waals surface area contributed by atoms with Crippen LogP contribution in [0.2, 0.25) is 0 Å². The first-order valence-corrected chi connectivity index (χ1v) is 9.99. The molecule has 2 aromatic rings. The number of aromatic nitrogens is 2. The predicted molar refractivity (Wildman–Crippen MR) is 110 cm³/mol. The average molecular weight is 367 g/mol. The summed E-state index contributed by atoms with van der Waals surface area (Å²) in [6.45, 7) is 8.57. The summed E-state index contributed by atoms with van der Waals surface area (Å²) in [5, 5.41) is 6.48. The summed E-state index contributed by atoms with van der Waals surface area (Å²) >= 11 is 0. The quantitative estimate of drug-likeness (QED) is 0.725. The Morgan fingerprint density at radius 1 is 1.04 bits per heavy atom. The molecule has 0 saturated heterocycles. The van der Waals surface area contributed by atoms with Crippen molar-refractivity contribution in [2.75, 3.05) is 10.6 Å². The fourth-order valence-electron chi connectivity index (χ4n) is 3.68. The fraction of sp³-hybridized carbons (Fsp3) is 0.500. The number of amides is 1. The first-order chi connectivity index (χ1) is 13.0. The second-order valence-electron chi connectivity index (χ2n) is 7.97. The first-order valence-electron chi connectivity index (χ1n) is 9.99. The van der Waals surface area contributed by atoms with Gasteiger partial charge in [-0.05, 0) is 41.9 Å². The van der Waals surface area contributed by atoms with Crippen molar-refractivity contribution in [2.24, 2.45) is 0 Å². The number of para-hydroxylation sites is 1. The van der Waals surface area contributed by atoms with Gasteiger partial charge in [-0.25, -0.2) is 9.97 Å². The van der Waals surface area contributed by atoms with E-state index in [1.165, 1.54) is 12.8 Å². The van der Waals surface area contributed by atoms with Gasteiger partial charge in [0.05, 0.1) is 0 Å². The van der Waals surface area contributed by atoms with E-state index in [4.69, 9.17) is 0 Å². The number of benzene rings is 1.